The summed E-state index contributed by atoms with van der Waals surface area (Å²) in [4.78, 5) is 41.3. The Morgan fingerprint density at radius 1 is 0.800 bits per heavy atom. The fourth-order valence-corrected chi connectivity index (χ4v) is 0.838. The minimum Gasteiger partial charge on any atom is -0.264 e. The molecule has 0 aliphatic heterocycles. The minimum absolute atomic E-state index is 0.314. The van der Waals surface area contributed by atoms with Crippen molar-refractivity contribution in [1.82, 2.24) is 0 Å². The average molecular weight is 294 g/mol. The summed E-state index contributed by atoms with van der Waals surface area (Å²) in [5.74, 6) is 0. The molecule has 0 aromatic rings. The molecule has 2 atom stereocenters. The molecule has 0 heterocycles. The van der Waals surface area contributed by atoms with Crippen molar-refractivity contribution in [2.45, 2.75) is 64.8 Å². The lowest BCUT2D eigenvalue weighted by Gasteiger charge is -2.20. The summed E-state index contributed by atoms with van der Waals surface area (Å²) in [5.41, 5.74) is -3.01. The van der Waals surface area contributed by atoms with E-state index >= 15 is 0 Å². The summed E-state index contributed by atoms with van der Waals surface area (Å²) >= 11 is 0. The van der Waals surface area contributed by atoms with Crippen LogP contribution in [0.3, 0.4) is 0 Å². The average Bonchev–Trinajstić information content (AvgIpc) is 2.27. The lowest BCUT2D eigenvalue weighted by Crippen LogP contribution is -2.48. The Hall–Kier alpha value is -2.00. The van der Waals surface area contributed by atoms with Crippen LogP contribution in [0.25, 0.3) is 0 Å². The molecule has 0 N–H and O–H groups in total. The second kappa shape index (κ2) is 5.97. The topological polar surface area (TPSA) is 125 Å². The Labute approximate surface area is 115 Å². The second-order valence-electron chi connectivity index (χ2n) is 5.54. The first-order valence-electron chi connectivity index (χ1n) is 5.93. The highest BCUT2D eigenvalue weighted by molar-refractivity contribution is 4.74. The molecule has 0 rings (SSSR count). The zero-order valence-electron chi connectivity index (χ0n) is 12.4. The van der Waals surface area contributed by atoms with E-state index in [0.717, 1.165) is 0 Å². The molecule has 2 unspecified atom stereocenters. The Kier molecular flexibility index (Phi) is 5.37. The fourth-order valence-electron chi connectivity index (χ4n) is 0.838. The highest BCUT2D eigenvalue weighted by atomic mass is 17.0. The van der Waals surface area contributed by atoms with Gasteiger partial charge in [0.1, 0.15) is 4.91 Å². The Balaban J connectivity index is 4.67. The molecule has 116 valence electrons. The van der Waals surface area contributed by atoms with Crippen LogP contribution in [-0.4, -0.2) is 38.2 Å². The number of hydrogen-bond acceptors (Lipinski definition) is 7. The van der Waals surface area contributed by atoms with Crippen molar-refractivity contribution < 1.29 is 24.6 Å². The first-order valence-corrected chi connectivity index (χ1v) is 5.93. The van der Waals surface area contributed by atoms with Gasteiger partial charge in [-0.1, -0.05) is 0 Å². The lowest BCUT2D eigenvalue weighted by atomic mass is 10.0. The molecule has 0 radical (unpaired) electrons. The smallest absolute Gasteiger partial charge is 0.264 e. The zero-order chi connectivity index (χ0) is 16.3. The molecule has 0 aliphatic rings. The first-order chi connectivity index (χ1) is 8.83. The van der Waals surface area contributed by atoms with Crippen LogP contribution in [0, 0.1) is 25.1 Å². The van der Waals surface area contributed by atoms with E-state index in [1.54, 1.807) is 0 Å². The van der Waals surface area contributed by atoms with Crippen LogP contribution in [0.1, 0.15) is 41.5 Å². The summed E-state index contributed by atoms with van der Waals surface area (Å²) < 4.78 is 0. The van der Waals surface area contributed by atoms with Crippen LogP contribution >= 0.6 is 0 Å². The lowest BCUT2D eigenvalue weighted by molar-refractivity contribution is -0.998. The quantitative estimate of drug-likeness (QED) is 0.490. The van der Waals surface area contributed by atoms with Crippen molar-refractivity contribution in [1.29, 1.82) is 0 Å². The predicted molar refractivity (Wildman–Crippen MR) is 66.9 cm³/mol. The molecule has 0 aromatic carbocycles. The maximum absolute atomic E-state index is 11.4. The normalized spacial score (nSPS) is 15.1. The molecule has 0 bridgehead atoms. The van der Waals surface area contributed by atoms with Crippen LogP contribution < -0.4 is 0 Å². The van der Waals surface area contributed by atoms with Crippen LogP contribution in [-0.2, 0) is 9.68 Å². The van der Waals surface area contributed by atoms with E-state index in [1.807, 2.05) is 0 Å². The van der Waals surface area contributed by atoms with Gasteiger partial charge in [0.15, 0.2) is 0 Å². The van der Waals surface area contributed by atoms with Gasteiger partial charge in [-0.25, -0.2) is 0 Å². The SMILES string of the molecule is CC(O[N+](=O)OC(C)C(C)(C)[N+](=O)[O-])C(C)(C)[N+](=O)[O-]. The van der Waals surface area contributed by atoms with E-state index < -0.39 is 33.1 Å². The van der Waals surface area contributed by atoms with Gasteiger partial charge >= 0.3 is 5.09 Å². The van der Waals surface area contributed by atoms with Crippen LogP contribution in [0.2, 0.25) is 0 Å². The van der Waals surface area contributed by atoms with E-state index in [1.165, 1.54) is 41.5 Å². The second-order valence-corrected chi connectivity index (χ2v) is 5.54. The monoisotopic (exact) mass is 294 g/mol. The molecule has 0 fully saturated rings. The van der Waals surface area contributed by atoms with Gasteiger partial charge in [-0.05, 0) is 13.8 Å². The Bertz CT molecular complexity index is 372. The summed E-state index contributed by atoms with van der Waals surface area (Å²) in [6, 6.07) is 0. The van der Waals surface area contributed by atoms with Gasteiger partial charge in [-0.2, -0.15) is 9.68 Å². The molecule has 0 saturated heterocycles. The molecule has 10 heteroatoms. The van der Waals surface area contributed by atoms with Crippen molar-refractivity contribution >= 4 is 0 Å². The standard InChI is InChI=1S/C10H20N3O7/c1-7(9(3,4)11(14)15)19-13(18)20-8(2)10(5,6)12(16)17/h7-8H,1-6H3/q+1. The van der Waals surface area contributed by atoms with Gasteiger partial charge in [-0.15, -0.1) is 0 Å². The van der Waals surface area contributed by atoms with Gasteiger partial charge in [0.05, 0.1) is 0 Å². The van der Waals surface area contributed by atoms with Gasteiger partial charge in [0.2, 0.25) is 12.2 Å². The van der Waals surface area contributed by atoms with Crippen molar-refractivity contribution in [3.05, 3.63) is 25.1 Å². The molecule has 0 spiro atoms. The molecule has 0 aliphatic carbocycles. The molecule has 0 amide bonds. The number of rotatable bonds is 8. The van der Waals surface area contributed by atoms with Gasteiger partial charge in [0.25, 0.3) is 11.1 Å². The van der Waals surface area contributed by atoms with Crippen molar-refractivity contribution in [3.63, 3.8) is 0 Å². The Morgan fingerprint density at radius 3 is 1.25 bits per heavy atom. The third-order valence-corrected chi connectivity index (χ3v) is 3.42. The van der Waals surface area contributed by atoms with Gasteiger partial charge in [-0.3, -0.25) is 20.2 Å². The molecule has 0 saturated carbocycles. The number of nitro groups is 2. The summed E-state index contributed by atoms with van der Waals surface area (Å²) in [5, 5.41) is 21.3. The van der Waals surface area contributed by atoms with E-state index in [9.17, 15) is 25.1 Å². The predicted octanol–water partition coefficient (Wildman–Crippen LogP) is 1.52. The minimum atomic E-state index is -1.51. The van der Waals surface area contributed by atoms with Crippen molar-refractivity contribution in [3.8, 4) is 0 Å². The summed E-state index contributed by atoms with van der Waals surface area (Å²) in [6.45, 7) is 7.82. The van der Waals surface area contributed by atoms with E-state index in [-0.39, 0.29) is 5.09 Å². The third kappa shape index (κ3) is 4.00. The first kappa shape index (κ1) is 18.0. The molecular formula is C10H20N3O7+. The largest absolute Gasteiger partial charge is 0.478 e. The highest BCUT2D eigenvalue weighted by Gasteiger charge is 2.48. The maximum Gasteiger partial charge on any atom is 0.478 e. The summed E-state index contributed by atoms with van der Waals surface area (Å²) in [6.07, 6.45) is -2.16. The zero-order valence-corrected chi connectivity index (χ0v) is 12.4. The molecule has 20 heavy (non-hydrogen) atoms. The number of nitrogens with zero attached hydrogens (tertiary/aromatic N) is 3. The van der Waals surface area contributed by atoms with E-state index in [4.69, 9.17) is 9.68 Å². The van der Waals surface area contributed by atoms with E-state index in [0.29, 0.717) is 0 Å². The highest BCUT2D eigenvalue weighted by Crippen LogP contribution is 2.19. The van der Waals surface area contributed by atoms with Crippen molar-refractivity contribution in [2.24, 2.45) is 0 Å². The third-order valence-electron chi connectivity index (χ3n) is 3.42. The fraction of sp³-hybridized carbons (Fsp3) is 1.00. The molecular weight excluding hydrogens is 274 g/mol. The molecule has 0 aromatic heterocycles. The van der Waals surface area contributed by atoms with E-state index in [2.05, 4.69) is 0 Å². The van der Waals surface area contributed by atoms with Gasteiger partial charge in [0, 0.05) is 37.5 Å². The maximum atomic E-state index is 11.4. The van der Waals surface area contributed by atoms with Crippen molar-refractivity contribution in [2.75, 3.05) is 0 Å². The van der Waals surface area contributed by atoms with Crippen LogP contribution in [0.15, 0.2) is 0 Å². The van der Waals surface area contributed by atoms with Gasteiger partial charge < -0.3 is 0 Å². The Morgan fingerprint density at radius 2 is 1.05 bits per heavy atom. The van der Waals surface area contributed by atoms with Crippen LogP contribution in [0.4, 0.5) is 0 Å². The number of hydrogen-bond donors (Lipinski definition) is 0. The van der Waals surface area contributed by atoms with Crippen LogP contribution in [0.5, 0.6) is 0 Å². The summed E-state index contributed by atoms with van der Waals surface area (Å²) in [7, 11) is 0. The molecule has 10 nitrogen and oxygen atoms in total.